The van der Waals surface area contributed by atoms with Crippen LogP contribution in [-0.2, 0) is 0 Å². The molecule has 0 saturated heterocycles. The van der Waals surface area contributed by atoms with Gasteiger partial charge in [-0.1, -0.05) is 13.1 Å². The van der Waals surface area contributed by atoms with Gasteiger partial charge < -0.3 is 0 Å². The van der Waals surface area contributed by atoms with E-state index in [2.05, 4.69) is 64.4 Å². The van der Waals surface area contributed by atoms with E-state index in [1.165, 1.54) is 32.7 Å². The van der Waals surface area contributed by atoms with Gasteiger partial charge in [-0.15, -0.1) is 11.5 Å². The van der Waals surface area contributed by atoms with Crippen molar-refractivity contribution in [3.8, 4) is 0 Å². The maximum atomic E-state index is 3.36. The molecule has 0 bridgehead atoms. The molecule has 88 valence electrons. The Kier molecular flexibility index (Phi) is 2.79. The van der Waals surface area contributed by atoms with E-state index < -0.39 is 8.07 Å². The zero-order chi connectivity index (χ0) is 12.8. The van der Waals surface area contributed by atoms with Gasteiger partial charge in [0.05, 0.1) is 0 Å². The van der Waals surface area contributed by atoms with Gasteiger partial charge in [-0.2, -0.15) is 0 Å². The highest BCUT2D eigenvalue weighted by Crippen LogP contribution is 2.36. The largest absolute Gasteiger partial charge is 0.117 e. The van der Waals surface area contributed by atoms with Crippen molar-refractivity contribution < 1.29 is 0 Å². The van der Waals surface area contributed by atoms with Gasteiger partial charge in [0, 0.05) is 0 Å². The van der Waals surface area contributed by atoms with Crippen molar-refractivity contribution in [3.05, 3.63) is 56.3 Å². The van der Waals surface area contributed by atoms with Crippen LogP contribution in [0.1, 0.15) is 27.7 Å². The molecule has 17 heavy (non-hydrogen) atoms. The van der Waals surface area contributed by atoms with Gasteiger partial charge in [-0.3, -0.25) is 0 Å². The van der Waals surface area contributed by atoms with Gasteiger partial charge in [0.2, 0.25) is 0 Å². The molecule has 2 rings (SSSR count). The average molecular weight is 240 g/mol. The maximum absolute atomic E-state index is 3.36. The molecular weight excluding hydrogens is 220 g/mol. The highest BCUT2D eigenvalue weighted by Gasteiger charge is 2.33. The van der Waals surface area contributed by atoms with Crippen molar-refractivity contribution in [2.75, 3.05) is 0 Å². The first kappa shape index (κ1) is 12.2. The number of allylic oxidation sites excluding steroid dienone is 6. The predicted octanol–water partition coefficient (Wildman–Crippen LogP) is 4.64. The van der Waals surface area contributed by atoms with E-state index in [1.807, 2.05) is 0 Å². The lowest BCUT2D eigenvalue weighted by atomic mass is 10.2. The Labute approximate surface area is 105 Å². The lowest BCUT2D eigenvalue weighted by Gasteiger charge is -2.26. The second-order valence-corrected chi connectivity index (χ2v) is 9.86. The van der Waals surface area contributed by atoms with Gasteiger partial charge in [0.1, 0.15) is 8.07 Å². The van der Waals surface area contributed by atoms with Crippen LogP contribution in [0.2, 0.25) is 13.1 Å². The summed E-state index contributed by atoms with van der Waals surface area (Å²) in [6.07, 6.45) is 4.41. The molecule has 0 spiro atoms. The van der Waals surface area contributed by atoms with Crippen LogP contribution in [-0.4, -0.2) is 8.07 Å². The monoisotopic (exact) mass is 240 g/mol. The molecular formula is C16H20Si. The highest BCUT2D eigenvalue weighted by molar-refractivity contribution is 6.92. The van der Waals surface area contributed by atoms with Crippen molar-refractivity contribution in [2.45, 2.75) is 40.8 Å². The molecule has 0 aromatic heterocycles. The highest BCUT2D eigenvalue weighted by atomic mass is 28.3. The Hall–Kier alpha value is -1.26. The van der Waals surface area contributed by atoms with Crippen LogP contribution in [0.5, 0.6) is 0 Å². The minimum absolute atomic E-state index is 1.30. The Bertz CT molecular complexity index is 527. The lowest BCUT2D eigenvalue weighted by Crippen LogP contribution is -2.32. The Morgan fingerprint density at radius 2 is 1.12 bits per heavy atom. The molecule has 2 aliphatic rings. The van der Waals surface area contributed by atoms with Crippen LogP contribution in [0.4, 0.5) is 0 Å². The third kappa shape index (κ3) is 1.77. The van der Waals surface area contributed by atoms with Gasteiger partial charge in [0.15, 0.2) is 0 Å². The summed E-state index contributed by atoms with van der Waals surface area (Å²) in [5, 5.41) is 3.05. The molecule has 0 aliphatic heterocycles. The molecule has 2 aliphatic carbocycles. The van der Waals surface area contributed by atoms with Crippen LogP contribution in [0, 0.1) is 0 Å². The molecule has 1 heteroatoms. The smallest absolute Gasteiger partial charge is 0.114 e. The van der Waals surface area contributed by atoms with Crippen molar-refractivity contribution in [1.82, 2.24) is 0 Å². The van der Waals surface area contributed by atoms with Gasteiger partial charge in [-0.25, -0.2) is 0 Å². The van der Waals surface area contributed by atoms with E-state index >= 15 is 0 Å². The van der Waals surface area contributed by atoms with Crippen molar-refractivity contribution in [3.63, 3.8) is 0 Å². The third-order valence-electron chi connectivity index (χ3n) is 4.15. The zero-order valence-corrected chi connectivity index (χ0v) is 12.7. The normalized spacial score (nSPS) is 19.4. The van der Waals surface area contributed by atoms with Crippen molar-refractivity contribution >= 4 is 8.07 Å². The molecule has 0 aromatic carbocycles. The predicted molar refractivity (Wildman–Crippen MR) is 77.4 cm³/mol. The van der Waals surface area contributed by atoms with E-state index in [-0.39, 0.29) is 0 Å². The Balaban J connectivity index is 2.49. The summed E-state index contributed by atoms with van der Waals surface area (Å²) in [5.41, 5.74) is 12.2. The minimum Gasteiger partial charge on any atom is -0.117 e. The van der Waals surface area contributed by atoms with Crippen LogP contribution in [0.25, 0.3) is 0 Å². The minimum atomic E-state index is -1.57. The molecule has 0 heterocycles. The Morgan fingerprint density at radius 3 is 1.35 bits per heavy atom. The van der Waals surface area contributed by atoms with Crippen LogP contribution >= 0.6 is 0 Å². The summed E-state index contributed by atoms with van der Waals surface area (Å²) in [6, 6.07) is 0. The van der Waals surface area contributed by atoms with Crippen molar-refractivity contribution in [2.24, 2.45) is 0 Å². The number of hydrogen-bond acceptors (Lipinski definition) is 0. The molecule has 0 atom stereocenters. The molecule has 0 N–H and O–H groups in total. The van der Waals surface area contributed by atoms with Crippen LogP contribution in [0.15, 0.2) is 56.3 Å². The molecule has 0 radical (unpaired) electrons. The number of hydrogen-bond donors (Lipinski definition) is 0. The third-order valence-corrected chi connectivity index (χ3v) is 7.88. The molecule has 0 amide bonds. The zero-order valence-electron chi connectivity index (χ0n) is 11.7. The van der Waals surface area contributed by atoms with Crippen molar-refractivity contribution in [1.29, 1.82) is 0 Å². The Morgan fingerprint density at radius 1 is 0.765 bits per heavy atom. The molecule has 0 unspecified atom stereocenters. The fraction of sp³-hybridized carbons (Fsp3) is 0.375. The number of rotatable bonds is 2. The van der Waals surface area contributed by atoms with E-state index in [0.29, 0.717) is 0 Å². The summed E-state index contributed by atoms with van der Waals surface area (Å²) in [7, 11) is -1.57. The fourth-order valence-corrected chi connectivity index (χ4v) is 6.05. The quantitative estimate of drug-likeness (QED) is 0.487. The summed E-state index contributed by atoms with van der Waals surface area (Å²) >= 11 is 0. The van der Waals surface area contributed by atoms with Gasteiger partial charge in [0.25, 0.3) is 0 Å². The first-order valence-electron chi connectivity index (χ1n) is 6.15. The lowest BCUT2D eigenvalue weighted by molar-refractivity contribution is 1.34. The maximum Gasteiger partial charge on any atom is 0.114 e. The van der Waals surface area contributed by atoms with E-state index in [0.717, 1.165) is 0 Å². The standard InChI is InChI=1S/C16H20Si/c1-11-7-9-15(13(11)3)17(5,6)16-10-8-12(2)14(16)4/h9-10H,1-6H3. The molecule has 0 aromatic rings. The summed E-state index contributed by atoms with van der Waals surface area (Å²) in [5.74, 6) is 0. The second-order valence-electron chi connectivity index (χ2n) is 5.53. The van der Waals surface area contributed by atoms with E-state index in [1.54, 1.807) is 0 Å². The molecule has 0 fully saturated rings. The molecule has 0 nitrogen and oxygen atoms in total. The molecule has 0 saturated carbocycles. The summed E-state index contributed by atoms with van der Waals surface area (Å²) < 4.78 is 0. The van der Waals surface area contributed by atoms with Crippen LogP contribution in [0.3, 0.4) is 0 Å². The van der Waals surface area contributed by atoms with Gasteiger partial charge >= 0.3 is 0 Å². The average Bonchev–Trinajstić information content (AvgIpc) is 2.75. The van der Waals surface area contributed by atoms with E-state index in [9.17, 15) is 0 Å². The van der Waals surface area contributed by atoms with E-state index in [4.69, 9.17) is 0 Å². The fourth-order valence-electron chi connectivity index (χ4n) is 2.64. The first-order chi connectivity index (χ1) is 7.85. The van der Waals surface area contributed by atoms with Crippen LogP contribution < -0.4 is 0 Å². The van der Waals surface area contributed by atoms with Gasteiger partial charge in [-0.05, 0) is 72.5 Å². The SMILES string of the molecule is CC1=C=CC([Si](C)(C)C2=C(C)C(C)=C=C2)=C1C. The topological polar surface area (TPSA) is 0 Å². The second kappa shape index (κ2) is 3.89. The first-order valence-corrected chi connectivity index (χ1v) is 9.15. The summed E-state index contributed by atoms with van der Waals surface area (Å²) in [4.78, 5) is 0. The summed E-state index contributed by atoms with van der Waals surface area (Å²) in [6.45, 7) is 13.6.